The zero-order valence-electron chi connectivity index (χ0n) is 13.4. The summed E-state index contributed by atoms with van der Waals surface area (Å²) in [5.74, 6) is -0.100. The van der Waals surface area contributed by atoms with Gasteiger partial charge in [-0.3, -0.25) is 9.89 Å². The zero-order chi connectivity index (χ0) is 16.5. The summed E-state index contributed by atoms with van der Waals surface area (Å²) in [5.41, 5.74) is 3.65. The highest BCUT2D eigenvalue weighted by Crippen LogP contribution is 2.33. The van der Waals surface area contributed by atoms with Gasteiger partial charge in [0.1, 0.15) is 5.82 Å². The number of halogens is 1. The number of aromatic amines is 1. The topological polar surface area (TPSA) is 58.2 Å². The number of hydrogen-bond donors (Lipinski definition) is 1. The summed E-state index contributed by atoms with van der Waals surface area (Å²) in [7, 11) is 0. The van der Waals surface area contributed by atoms with Crippen LogP contribution in [-0.2, 0) is 22.4 Å². The maximum absolute atomic E-state index is 13.5. The number of carbonyl (C=O) groups is 1. The predicted octanol–water partition coefficient (Wildman–Crippen LogP) is 2.18. The monoisotopic (exact) mass is 329 g/mol. The fourth-order valence-electron chi connectivity index (χ4n) is 3.62. The first-order valence-corrected chi connectivity index (χ1v) is 8.41. The van der Waals surface area contributed by atoms with E-state index in [1.54, 1.807) is 6.07 Å². The van der Waals surface area contributed by atoms with E-state index >= 15 is 0 Å². The highest BCUT2D eigenvalue weighted by atomic mass is 19.1. The first-order chi connectivity index (χ1) is 11.7. The van der Waals surface area contributed by atoms with Crippen LogP contribution in [0.2, 0.25) is 0 Å². The summed E-state index contributed by atoms with van der Waals surface area (Å²) in [6, 6.07) is 6.45. The number of fused-ring (bicyclic) bond motifs is 1. The molecule has 1 saturated heterocycles. The third-order valence-corrected chi connectivity index (χ3v) is 4.92. The van der Waals surface area contributed by atoms with Crippen LogP contribution in [0.5, 0.6) is 0 Å². The predicted molar refractivity (Wildman–Crippen MR) is 86.9 cm³/mol. The molecule has 1 aliphatic heterocycles. The molecule has 0 unspecified atom stereocenters. The third kappa shape index (κ3) is 2.82. The summed E-state index contributed by atoms with van der Waals surface area (Å²) >= 11 is 0. The maximum Gasteiger partial charge on any atom is 0.226 e. The molecular weight excluding hydrogens is 309 g/mol. The van der Waals surface area contributed by atoms with E-state index in [9.17, 15) is 9.18 Å². The van der Waals surface area contributed by atoms with Crippen molar-refractivity contribution >= 4 is 5.91 Å². The van der Waals surface area contributed by atoms with E-state index in [0.29, 0.717) is 32.7 Å². The first kappa shape index (κ1) is 15.3. The Balaban J connectivity index is 1.58. The second-order valence-electron chi connectivity index (χ2n) is 6.42. The van der Waals surface area contributed by atoms with Gasteiger partial charge in [-0.25, -0.2) is 4.39 Å². The Morgan fingerprint density at radius 3 is 2.96 bits per heavy atom. The van der Waals surface area contributed by atoms with Crippen LogP contribution in [0.4, 0.5) is 4.39 Å². The summed E-state index contributed by atoms with van der Waals surface area (Å²) in [4.78, 5) is 14.7. The van der Waals surface area contributed by atoms with Crippen LogP contribution in [-0.4, -0.2) is 47.3 Å². The van der Waals surface area contributed by atoms with E-state index in [4.69, 9.17) is 4.74 Å². The van der Waals surface area contributed by atoms with Gasteiger partial charge >= 0.3 is 0 Å². The summed E-state index contributed by atoms with van der Waals surface area (Å²) in [6.07, 6.45) is 2.29. The van der Waals surface area contributed by atoms with Gasteiger partial charge in [0.25, 0.3) is 0 Å². The van der Waals surface area contributed by atoms with Crippen LogP contribution in [0.3, 0.4) is 0 Å². The minimum atomic E-state index is -0.277. The second-order valence-corrected chi connectivity index (χ2v) is 6.42. The van der Waals surface area contributed by atoms with Gasteiger partial charge in [-0.2, -0.15) is 5.10 Å². The molecule has 1 aliphatic carbocycles. The fraction of sp³-hybridized carbons (Fsp3) is 0.444. The molecule has 0 bridgehead atoms. The molecule has 0 radical (unpaired) electrons. The van der Waals surface area contributed by atoms with Crippen molar-refractivity contribution in [3.63, 3.8) is 0 Å². The van der Waals surface area contributed by atoms with E-state index in [1.807, 2.05) is 11.0 Å². The Morgan fingerprint density at radius 2 is 2.17 bits per heavy atom. The van der Waals surface area contributed by atoms with Crippen molar-refractivity contribution in [2.45, 2.75) is 19.3 Å². The van der Waals surface area contributed by atoms with Crippen LogP contribution in [0.15, 0.2) is 24.3 Å². The molecule has 0 saturated carbocycles. The van der Waals surface area contributed by atoms with Crippen molar-refractivity contribution in [3.8, 4) is 11.3 Å². The quantitative estimate of drug-likeness (QED) is 0.919. The number of nitrogens with one attached hydrogen (secondary N) is 1. The number of nitrogens with zero attached hydrogens (tertiary/aromatic N) is 2. The molecule has 2 aliphatic rings. The van der Waals surface area contributed by atoms with Gasteiger partial charge in [0.05, 0.1) is 18.9 Å². The lowest BCUT2D eigenvalue weighted by atomic mass is 9.84. The normalized spacial score (nSPS) is 20.7. The Hall–Kier alpha value is -2.21. The summed E-state index contributed by atoms with van der Waals surface area (Å²) in [5, 5.41) is 7.44. The van der Waals surface area contributed by atoms with Gasteiger partial charge in [0.2, 0.25) is 5.91 Å². The molecule has 1 N–H and O–H groups in total. The molecule has 2 aromatic rings. The molecular formula is C18H20FN3O2. The number of H-pyrrole nitrogens is 1. The highest BCUT2D eigenvalue weighted by molar-refractivity contribution is 5.80. The van der Waals surface area contributed by atoms with E-state index in [1.165, 1.54) is 12.1 Å². The van der Waals surface area contributed by atoms with Gasteiger partial charge in [0, 0.05) is 35.8 Å². The van der Waals surface area contributed by atoms with Gasteiger partial charge in [-0.05, 0) is 31.4 Å². The second kappa shape index (κ2) is 6.36. The van der Waals surface area contributed by atoms with Crippen LogP contribution in [0.1, 0.15) is 17.7 Å². The van der Waals surface area contributed by atoms with Gasteiger partial charge in [-0.1, -0.05) is 12.1 Å². The van der Waals surface area contributed by atoms with Crippen LogP contribution < -0.4 is 0 Å². The Bertz CT molecular complexity index is 752. The Labute approximate surface area is 139 Å². The standard InChI is InChI=1S/C18H20FN3O2/c19-14-3-1-2-12(10-14)17-15-11-13(4-5-16(15)20-21-17)18(23)22-6-8-24-9-7-22/h1-3,10,13H,4-9,11H2,(H,20,21)/t13-/m1/s1. The van der Waals surface area contributed by atoms with Crippen molar-refractivity contribution in [2.75, 3.05) is 26.3 Å². The summed E-state index contributed by atoms with van der Waals surface area (Å²) < 4.78 is 18.9. The number of benzene rings is 1. The Kier molecular flexibility index (Phi) is 4.06. The lowest BCUT2D eigenvalue weighted by Crippen LogP contribution is -2.44. The van der Waals surface area contributed by atoms with E-state index < -0.39 is 0 Å². The average molecular weight is 329 g/mol. The molecule has 1 atom stereocenters. The number of carbonyl (C=O) groups excluding carboxylic acids is 1. The van der Waals surface area contributed by atoms with Gasteiger partial charge in [-0.15, -0.1) is 0 Å². The minimum Gasteiger partial charge on any atom is -0.378 e. The molecule has 2 heterocycles. The minimum absolute atomic E-state index is 0.0273. The zero-order valence-corrected chi connectivity index (χ0v) is 13.4. The van der Waals surface area contributed by atoms with E-state index in [0.717, 1.165) is 35.4 Å². The number of ether oxygens (including phenoxy) is 1. The lowest BCUT2D eigenvalue weighted by molar-refractivity contribution is -0.140. The number of aromatic nitrogens is 2. The molecule has 126 valence electrons. The number of morpholine rings is 1. The lowest BCUT2D eigenvalue weighted by Gasteiger charge is -2.32. The molecule has 1 fully saturated rings. The maximum atomic E-state index is 13.5. The van der Waals surface area contributed by atoms with Crippen molar-refractivity contribution in [3.05, 3.63) is 41.3 Å². The van der Waals surface area contributed by atoms with Crippen molar-refractivity contribution in [2.24, 2.45) is 5.92 Å². The van der Waals surface area contributed by atoms with E-state index in [-0.39, 0.29) is 17.6 Å². The largest absolute Gasteiger partial charge is 0.378 e. The smallest absolute Gasteiger partial charge is 0.226 e. The number of amides is 1. The molecule has 0 spiro atoms. The van der Waals surface area contributed by atoms with E-state index in [2.05, 4.69) is 10.2 Å². The molecule has 1 amide bonds. The molecule has 24 heavy (non-hydrogen) atoms. The summed E-state index contributed by atoms with van der Waals surface area (Å²) in [6.45, 7) is 2.57. The first-order valence-electron chi connectivity index (χ1n) is 8.41. The number of rotatable bonds is 2. The number of aryl methyl sites for hydroxylation is 1. The SMILES string of the molecule is O=C([C@@H]1CCc2[nH]nc(-c3cccc(F)c3)c2C1)N1CCOCC1. The van der Waals surface area contributed by atoms with Crippen LogP contribution >= 0.6 is 0 Å². The Morgan fingerprint density at radius 1 is 1.33 bits per heavy atom. The molecule has 4 rings (SSSR count). The molecule has 5 nitrogen and oxygen atoms in total. The van der Waals surface area contributed by atoms with Crippen molar-refractivity contribution in [1.82, 2.24) is 15.1 Å². The van der Waals surface area contributed by atoms with Crippen molar-refractivity contribution < 1.29 is 13.9 Å². The highest BCUT2D eigenvalue weighted by Gasteiger charge is 2.32. The van der Waals surface area contributed by atoms with Gasteiger partial charge < -0.3 is 9.64 Å². The van der Waals surface area contributed by atoms with Crippen LogP contribution in [0, 0.1) is 11.7 Å². The molecule has 1 aromatic carbocycles. The molecule has 6 heteroatoms. The third-order valence-electron chi connectivity index (χ3n) is 4.92. The fourth-order valence-corrected chi connectivity index (χ4v) is 3.62. The number of hydrogen-bond acceptors (Lipinski definition) is 3. The molecule has 1 aromatic heterocycles. The van der Waals surface area contributed by atoms with Crippen molar-refractivity contribution in [1.29, 1.82) is 0 Å². The van der Waals surface area contributed by atoms with Gasteiger partial charge in [0.15, 0.2) is 0 Å². The average Bonchev–Trinajstić information content (AvgIpc) is 3.05. The van der Waals surface area contributed by atoms with Crippen LogP contribution in [0.25, 0.3) is 11.3 Å².